The maximum atomic E-state index is 12.4. The monoisotopic (exact) mass is 398 g/mol. The molecule has 124 valence electrons. The molecule has 1 heterocycles. The first-order valence-corrected chi connectivity index (χ1v) is 9.30. The zero-order valence-electron chi connectivity index (χ0n) is 12.8. The molecule has 0 spiro atoms. The molecule has 0 unspecified atom stereocenters. The van der Waals surface area contributed by atoms with Crippen LogP contribution in [0.15, 0.2) is 22.7 Å². The Morgan fingerprint density at radius 1 is 1.43 bits per heavy atom. The van der Waals surface area contributed by atoms with E-state index in [2.05, 4.69) is 27.3 Å². The van der Waals surface area contributed by atoms with Crippen molar-refractivity contribution in [3.8, 4) is 0 Å². The van der Waals surface area contributed by atoms with Crippen LogP contribution in [0.2, 0.25) is 5.02 Å². The molecule has 3 aliphatic rings. The van der Waals surface area contributed by atoms with E-state index in [0.29, 0.717) is 26.1 Å². The minimum atomic E-state index is -0.473. The van der Waals surface area contributed by atoms with Crippen molar-refractivity contribution in [1.29, 1.82) is 0 Å². The number of likely N-dealkylation sites (tertiary alicyclic amines) is 1. The van der Waals surface area contributed by atoms with E-state index in [9.17, 15) is 9.90 Å². The van der Waals surface area contributed by atoms with E-state index in [1.807, 2.05) is 17.0 Å². The molecule has 4 rings (SSSR count). The number of fused-ring (bicyclic) bond motifs is 1. The van der Waals surface area contributed by atoms with Crippen molar-refractivity contribution in [2.45, 2.75) is 36.7 Å². The highest BCUT2D eigenvalue weighted by Gasteiger charge is 2.56. The highest BCUT2D eigenvalue weighted by atomic mass is 79.9. The van der Waals surface area contributed by atoms with E-state index < -0.39 is 5.60 Å². The van der Waals surface area contributed by atoms with E-state index in [-0.39, 0.29) is 17.4 Å². The summed E-state index contributed by atoms with van der Waals surface area (Å²) in [6.07, 6.45) is 3.65. The van der Waals surface area contributed by atoms with Gasteiger partial charge < -0.3 is 15.3 Å². The van der Waals surface area contributed by atoms with Gasteiger partial charge in [0.05, 0.1) is 5.60 Å². The number of nitrogens with zero attached hydrogens (tertiary/aromatic N) is 1. The molecule has 1 aromatic rings. The smallest absolute Gasteiger partial charge is 0.317 e. The van der Waals surface area contributed by atoms with E-state index in [1.54, 1.807) is 0 Å². The SMILES string of the molecule is O=C(NCC1(c2ccc(Br)cc2Cl)CC1)N1CC[C@@]2(O)C[C@H]2C1. The zero-order chi connectivity index (χ0) is 16.2. The molecular formula is C17H20BrClN2O2. The molecule has 6 heteroatoms. The third-order valence-electron chi connectivity index (χ3n) is 5.68. The van der Waals surface area contributed by atoms with E-state index in [4.69, 9.17) is 11.6 Å². The molecule has 1 aromatic carbocycles. The Kier molecular flexibility index (Phi) is 3.67. The minimum absolute atomic E-state index is 0.0104. The Labute approximate surface area is 149 Å². The number of hydrogen-bond acceptors (Lipinski definition) is 2. The van der Waals surface area contributed by atoms with E-state index in [1.165, 1.54) is 0 Å². The van der Waals surface area contributed by atoms with Gasteiger partial charge in [0.1, 0.15) is 0 Å². The Morgan fingerprint density at radius 3 is 2.87 bits per heavy atom. The number of rotatable bonds is 3. The molecule has 2 amide bonds. The van der Waals surface area contributed by atoms with Crippen LogP contribution >= 0.6 is 27.5 Å². The average molecular weight is 400 g/mol. The largest absolute Gasteiger partial charge is 0.389 e. The molecular weight excluding hydrogens is 380 g/mol. The lowest BCUT2D eigenvalue weighted by molar-refractivity contribution is 0.0748. The van der Waals surface area contributed by atoms with Crippen LogP contribution in [-0.4, -0.2) is 41.3 Å². The van der Waals surface area contributed by atoms with Gasteiger partial charge in [0.15, 0.2) is 0 Å². The summed E-state index contributed by atoms with van der Waals surface area (Å²) < 4.78 is 0.969. The second-order valence-electron chi connectivity index (χ2n) is 7.26. The van der Waals surface area contributed by atoms with Crippen molar-refractivity contribution < 1.29 is 9.90 Å². The highest BCUT2D eigenvalue weighted by molar-refractivity contribution is 9.10. The van der Waals surface area contributed by atoms with Crippen molar-refractivity contribution in [3.63, 3.8) is 0 Å². The second-order valence-corrected chi connectivity index (χ2v) is 8.59. The fraction of sp³-hybridized carbons (Fsp3) is 0.588. The van der Waals surface area contributed by atoms with Crippen molar-refractivity contribution >= 4 is 33.6 Å². The molecule has 1 aliphatic heterocycles. The third-order valence-corrected chi connectivity index (χ3v) is 6.48. The van der Waals surface area contributed by atoms with Crippen LogP contribution in [0.1, 0.15) is 31.2 Å². The molecule has 3 fully saturated rings. The van der Waals surface area contributed by atoms with Gasteiger partial charge in [0.2, 0.25) is 0 Å². The number of amides is 2. The lowest BCUT2D eigenvalue weighted by Crippen LogP contribution is -2.47. The fourth-order valence-electron chi connectivity index (χ4n) is 3.75. The third kappa shape index (κ3) is 2.87. The molecule has 1 saturated heterocycles. The van der Waals surface area contributed by atoms with Crippen molar-refractivity contribution in [2.75, 3.05) is 19.6 Å². The van der Waals surface area contributed by atoms with Crippen molar-refractivity contribution in [2.24, 2.45) is 5.92 Å². The van der Waals surface area contributed by atoms with Crippen molar-refractivity contribution in [3.05, 3.63) is 33.3 Å². The van der Waals surface area contributed by atoms with Crippen LogP contribution in [0.25, 0.3) is 0 Å². The molecule has 0 aromatic heterocycles. The zero-order valence-corrected chi connectivity index (χ0v) is 15.2. The van der Waals surface area contributed by atoms with Gasteiger partial charge in [-0.25, -0.2) is 4.79 Å². The van der Waals surface area contributed by atoms with Crippen LogP contribution in [0.3, 0.4) is 0 Å². The summed E-state index contributed by atoms with van der Waals surface area (Å²) in [5.41, 5.74) is 0.640. The maximum Gasteiger partial charge on any atom is 0.317 e. The van der Waals surface area contributed by atoms with Crippen LogP contribution in [-0.2, 0) is 5.41 Å². The van der Waals surface area contributed by atoms with Crippen molar-refractivity contribution in [1.82, 2.24) is 10.2 Å². The molecule has 2 atom stereocenters. The van der Waals surface area contributed by atoms with Gasteiger partial charge in [0.25, 0.3) is 0 Å². The summed E-state index contributed by atoms with van der Waals surface area (Å²) in [5.74, 6) is 0.276. The van der Waals surface area contributed by atoms with Crippen LogP contribution in [0.4, 0.5) is 4.79 Å². The van der Waals surface area contributed by atoms with Gasteiger partial charge in [-0.2, -0.15) is 0 Å². The standard InChI is InChI=1S/C17H20BrClN2O2/c18-12-1-2-13(14(19)7-12)16(3-4-16)10-20-15(22)21-6-5-17(23)8-11(17)9-21/h1-2,7,11,23H,3-6,8-10H2,(H,20,22)/t11-,17+/m0/s1. The predicted molar refractivity (Wildman–Crippen MR) is 92.7 cm³/mol. The molecule has 23 heavy (non-hydrogen) atoms. The Morgan fingerprint density at radius 2 is 2.22 bits per heavy atom. The van der Waals surface area contributed by atoms with Gasteiger partial charge >= 0.3 is 6.03 Å². The molecule has 2 N–H and O–H groups in total. The number of carbonyl (C=O) groups is 1. The number of benzene rings is 1. The highest BCUT2D eigenvalue weighted by Crippen LogP contribution is 2.51. The fourth-order valence-corrected chi connectivity index (χ4v) is 4.62. The summed E-state index contributed by atoms with van der Waals surface area (Å²) in [5, 5.41) is 13.9. The Balaban J connectivity index is 1.38. The Hall–Kier alpha value is -0.780. The summed E-state index contributed by atoms with van der Waals surface area (Å²) in [6.45, 7) is 1.94. The number of halogens is 2. The predicted octanol–water partition coefficient (Wildman–Crippen LogP) is 3.30. The lowest BCUT2D eigenvalue weighted by Gasteiger charge is -2.30. The first-order valence-electron chi connectivity index (χ1n) is 8.13. The first-order chi connectivity index (χ1) is 10.9. The number of hydrogen-bond donors (Lipinski definition) is 2. The maximum absolute atomic E-state index is 12.4. The minimum Gasteiger partial charge on any atom is -0.389 e. The quantitative estimate of drug-likeness (QED) is 0.819. The molecule has 4 nitrogen and oxygen atoms in total. The number of aliphatic hydroxyl groups is 1. The molecule has 0 bridgehead atoms. The number of urea groups is 1. The molecule has 2 aliphatic carbocycles. The van der Waals surface area contributed by atoms with Gasteiger partial charge in [-0.3, -0.25) is 0 Å². The summed E-state index contributed by atoms with van der Waals surface area (Å²) >= 11 is 9.81. The summed E-state index contributed by atoms with van der Waals surface area (Å²) in [6, 6.07) is 5.95. The van der Waals surface area contributed by atoms with E-state index in [0.717, 1.165) is 34.3 Å². The summed E-state index contributed by atoms with van der Waals surface area (Å²) in [7, 11) is 0. The van der Waals surface area contributed by atoms with Gasteiger partial charge in [0, 0.05) is 40.5 Å². The van der Waals surface area contributed by atoms with Gasteiger partial charge in [-0.1, -0.05) is 33.6 Å². The first kappa shape index (κ1) is 15.7. The Bertz CT molecular complexity index is 664. The van der Waals surface area contributed by atoms with Crippen LogP contribution in [0.5, 0.6) is 0 Å². The average Bonchev–Trinajstić information content (AvgIpc) is 3.39. The second kappa shape index (κ2) is 5.36. The number of carbonyl (C=O) groups excluding carboxylic acids is 1. The molecule has 2 saturated carbocycles. The molecule has 0 radical (unpaired) electrons. The van der Waals surface area contributed by atoms with Crippen LogP contribution in [0, 0.1) is 5.92 Å². The normalized spacial score (nSPS) is 30.6. The van der Waals surface area contributed by atoms with Gasteiger partial charge in [-0.05, 0) is 43.4 Å². The topological polar surface area (TPSA) is 52.6 Å². The number of piperidine rings is 1. The number of nitrogens with one attached hydrogen (secondary N) is 1. The van der Waals surface area contributed by atoms with Gasteiger partial charge in [-0.15, -0.1) is 0 Å². The van der Waals surface area contributed by atoms with E-state index >= 15 is 0 Å². The van der Waals surface area contributed by atoms with Crippen LogP contribution < -0.4 is 5.32 Å². The summed E-state index contributed by atoms with van der Waals surface area (Å²) in [4.78, 5) is 14.2. The lowest BCUT2D eigenvalue weighted by atomic mass is 9.96.